The van der Waals surface area contributed by atoms with Gasteiger partial charge in [-0.15, -0.1) is 0 Å². The Labute approximate surface area is 186 Å². The molecule has 1 saturated heterocycles. The van der Waals surface area contributed by atoms with Crippen molar-refractivity contribution in [2.75, 3.05) is 13.1 Å². The zero-order valence-electron chi connectivity index (χ0n) is 16.4. The van der Waals surface area contributed by atoms with Gasteiger partial charge in [-0.1, -0.05) is 41.4 Å². The van der Waals surface area contributed by atoms with E-state index in [0.717, 1.165) is 5.56 Å². The van der Waals surface area contributed by atoms with Gasteiger partial charge in [0.2, 0.25) is 15.9 Å². The molecule has 0 spiro atoms. The topological polar surface area (TPSA) is 66.5 Å². The van der Waals surface area contributed by atoms with Crippen LogP contribution < -0.4 is 5.32 Å². The van der Waals surface area contributed by atoms with Crippen LogP contribution in [0.5, 0.6) is 0 Å². The Balaban J connectivity index is 1.57. The number of piperidine rings is 1. The molecule has 0 saturated carbocycles. The van der Waals surface area contributed by atoms with Crippen molar-refractivity contribution in [3.05, 3.63) is 69.5 Å². The predicted octanol–water partition coefficient (Wildman–Crippen LogP) is 4.55. The van der Waals surface area contributed by atoms with Crippen LogP contribution in [0, 0.1) is 11.7 Å². The second-order valence-corrected chi connectivity index (χ2v) is 10.2. The van der Waals surface area contributed by atoms with Gasteiger partial charge >= 0.3 is 0 Å². The van der Waals surface area contributed by atoms with Crippen molar-refractivity contribution in [2.45, 2.75) is 31.6 Å². The fraction of sp³-hybridized carbons (Fsp3) is 0.381. The molecule has 9 heteroatoms. The number of benzene rings is 2. The Bertz CT molecular complexity index is 987. The van der Waals surface area contributed by atoms with E-state index in [1.165, 1.54) is 16.4 Å². The molecule has 1 fully saturated rings. The maximum absolute atomic E-state index is 13.1. The molecule has 1 unspecified atom stereocenters. The van der Waals surface area contributed by atoms with Crippen molar-refractivity contribution in [1.82, 2.24) is 9.62 Å². The summed E-state index contributed by atoms with van der Waals surface area (Å²) in [5.41, 5.74) is 1.19. The van der Waals surface area contributed by atoms with Gasteiger partial charge in [-0.3, -0.25) is 4.79 Å². The summed E-state index contributed by atoms with van der Waals surface area (Å²) < 4.78 is 40.1. The Morgan fingerprint density at radius 1 is 1.13 bits per heavy atom. The minimum atomic E-state index is -3.60. The van der Waals surface area contributed by atoms with E-state index in [9.17, 15) is 17.6 Å². The highest BCUT2D eigenvalue weighted by atomic mass is 35.5. The van der Waals surface area contributed by atoms with Crippen LogP contribution in [0.2, 0.25) is 10.0 Å². The molecule has 1 aliphatic heterocycles. The van der Waals surface area contributed by atoms with Crippen molar-refractivity contribution in [3.8, 4) is 0 Å². The van der Waals surface area contributed by atoms with E-state index >= 15 is 0 Å². The van der Waals surface area contributed by atoms with Crippen molar-refractivity contribution in [1.29, 1.82) is 0 Å². The highest BCUT2D eigenvalue weighted by molar-refractivity contribution is 7.88. The molecule has 1 aliphatic rings. The quantitative estimate of drug-likeness (QED) is 0.670. The van der Waals surface area contributed by atoms with Gasteiger partial charge in [0, 0.05) is 34.6 Å². The number of hydrogen-bond acceptors (Lipinski definition) is 3. The second-order valence-electron chi connectivity index (χ2n) is 7.41. The maximum Gasteiger partial charge on any atom is 0.223 e. The van der Waals surface area contributed by atoms with E-state index < -0.39 is 10.0 Å². The molecule has 0 aliphatic carbocycles. The fourth-order valence-corrected chi connectivity index (χ4v) is 5.82. The van der Waals surface area contributed by atoms with Crippen LogP contribution in [-0.2, 0) is 20.6 Å². The number of carbonyl (C=O) groups is 1. The molecule has 30 heavy (non-hydrogen) atoms. The molecule has 1 N–H and O–H groups in total. The lowest BCUT2D eigenvalue weighted by atomic mass is 9.96. The van der Waals surface area contributed by atoms with E-state index in [2.05, 4.69) is 5.32 Å². The van der Waals surface area contributed by atoms with E-state index in [1.54, 1.807) is 30.3 Å². The van der Waals surface area contributed by atoms with Gasteiger partial charge in [-0.25, -0.2) is 17.1 Å². The summed E-state index contributed by atoms with van der Waals surface area (Å²) in [6.45, 7) is 2.35. The van der Waals surface area contributed by atoms with E-state index in [-0.39, 0.29) is 42.5 Å². The van der Waals surface area contributed by atoms with E-state index in [0.29, 0.717) is 28.5 Å². The monoisotopic (exact) mass is 472 g/mol. The van der Waals surface area contributed by atoms with Gasteiger partial charge in [0.1, 0.15) is 5.82 Å². The third-order valence-corrected chi connectivity index (χ3v) is 7.85. The lowest BCUT2D eigenvalue weighted by molar-refractivity contribution is -0.126. The third-order valence-electron chi connectivity index (χ3n) is 5.34. The highest BCUT2D eigenvalue weighted by Gasteiger charge is 2.32. The van der Waals surface area contributed by atoms with Crippen LogP contribution in [0.3, 0.4) is 0 Å². The van der Waals surface area contributed by atoms with Crippen LogP contribution >= 0.6 is 23.2 Å². The largest absolute Gasteiger partial charge is 0.349 e. The molecule has 1 amide bonds. The standard InChI is InChI=1S/C21H23Cl2FN2O3S/c1-14(15-5-7-17(24)8-6-15)25-21(27)16-9-11-26(12-10-16)30(28,29)13-18-19(22)3-2-4-20(18)23/h2-8,14,16H,9-13H2,1H3,(H,25,27). The van der Waals surface area contributed by atoms with Gasteiger partial charge in [-0.2, -0.15) is 0 Å². The Morgan fingerprint density at radius 3 is 2.27 bits per heavy atom. The summed E-state index contributed by atoms with van der Waals surface area (Å²) in [6, 6.07) is 10.6. The lowest BCUT2D eigenvalue weighted by Crippen LogP contribution is -2.43. The summed E-state index contributed by atoms with van der Waals surface area (Å²) in [5, 5.41) is 3.56. The maximum atomic E-state index is 13.1. The van der Waals surface area contributed by atoms with Crippen LogP contribution in [-0.4, -0.2) is 31.7 Å². The number of sulfonamides is 1. The zero-order chi connectivity index (χ0) is 21.9. The molecule has 0 radical (unpaired) electrons. The molecule has 1 heterocycles. The Morgan fingerprint density at radius 2 is 1.70 bits per heavy atom. The summed E-state index contributed by atoms with van der Waals surface area (Å²) in [5.74, 6) is -1.01. The fourth-order valence-electron chi connectivity index (χ4n) is 3.51. The summed E-state index contributed by atoms with van der Waals surface area (Å²) >= 11 is 12.2. The summed E-state index contributed by atoms with van der Waals surface area (Å²) in [6.07, 6.45) is 0.856. The van der Waals surface area contributed by atoms with Crippen LogP contribution in [0.1, 0.15) is 36.9 Å². The zero-order valence-corrected chi connectivity index (χ0v) is 18.8. The first kappa shape index (κ1) is 23.0. The molecule has 2 aromatic rings. The summed E-state index contributed by atoms with van der Waals surface area (Å²) in [4.78, 5) is 12.6. The average Bonchev–Trinajstić information content (AvgIpc) is 2.71. The Kier molecular flexibility index (Phi) is 7.39. The Hall–Kier alpha value is -1.67. The number of hydrogen-bond donors (Lipinski definition) is 1. The van der Waals surface area contributed by atoms with Crippen molar-refractivity contribution < 1.29 is 17.6 Å². The first-order valence-electron chi connectivity index (χ1n) is 9.64. The number of rotatable bonds is 6. The van der Waals surface area contributed by atoms with Crippen molar-refractivity contribution in [3.63, 3.8) is 0 Å². The third kappa shape index (κ3) is 5.52. The number of nitrogens with zero attached hydrogens (tertiary/aromatic N) is 1. The second kappa shape index (κ2) is 9.64. The van der Waals surface area contributed by atoms with Crippen molar-refractivity contribution in [2.24, 2.45) is 5.92 Å². The van der Waals surface area contributed by atoms with E-state index in [1.807, 2.05) is 6.92 Å². The molecular formula is C21H23Cl2FN2O3S. The van der Waals surface area contributed by atoms with Gasteiger partial charge in [0.15, 0.2) is 0 Å². The van der Waals surface area contributed by atoms with Gasteiger partial charge in [-0.05, 0) is 49.6 Å². The number of carbonyl (C=O) groups excluding carboxylic acids is 1. The molecule has 2 aromatic carbocycles. The number of halogens is 3. The molecule has 162 valence electrons. The van der Waals surface area contributed by atoms with Crippen molar-refractivity contribution >= 4 is 39.1 Å². The molecule has 1 atom stereocenters. The highest BCUT2D eigenvalue weighted by Crippen LogP contribution is 2.29. The lowest BCUT2D eigenvalue weighted by Gasteiger charge is -2.31. The molecule has 0 aromatic heterocycles. The SMILES string of the molecule is CC(NC(=O)C1CCN(S(=O)(=O)Cc2c(Cl)cccc2Cl)CC1)c1ccc(F)cc1. The minimum absolute atomic E-state index is 0.127. The predicted molar refractivity (Wildman–Crippen MR) is 116 cm³/mol. The van der Waals surface area contributed by atoms with Crippen LogP contribution in [0.25, 0.3) is 0 Å². The van der Waals surface area contributed by atoms with Crippen LogP contribution in [0.15, 0.2) is 42.5 Å². The average molecular weight is 473 g/mol. The van der Waals surface area contributed by atoms with Gasteiger partial charge < -0.3 is 5.32 Å². The molecular weight excluding hydrogens is 450 g/mol. The first-order chi connectivity index (χ1) is 14.2. The van der Waals surface area contributed by atoms with Gasteiger partial charge in [0.05, 0.1) is 11.8 Å². The normalized spacial score (nSPS) is 16.9. The first-order valence-corrected chi connectivity index (χ1v) is 12.0. The number of amides is 1. The molecule has 5 nitrogen and oxygen atoms in total. The van der Waals surface area contributed by atoms with E-state index in [4.69, 9.17) is 23.2 Å². The van der Waals surface area contributed by atoms with Gasteiger partial charge in [0.25, 0.3) is 0 Å². The number of nitrogens with one attached hydrogen (secondary N) is 1. The van der Waals surface area contributed by atoms with Crippen LogP contribution in [0.4, 0.5) is 4.39 Å². The molecule has 3 rings (SSSR count). The summed E-state index contributed by atoms with van der Waals surface area (Å²) in [7, 11) is -3.60. The minimum Gasteiger partial charge on any atom is -0.349 e. The molecule has 0 bridgehead atoms. The smallest absolute Gasteiger partial charge is 0.223 e.